The van der Waals surface area contributed by atoms with Crippen LogP contribution in [0.5, 0.6) is 11.5 Å². The fraction of sp³-hybridized carbons (Fsp3) is 0.533. The molecule has 0 saturated heterocycles. The van der Waals surface area contributed by atoms with Crippen molar-refractivity contribution in [3.63, 3.8) is 0 Å². The van der Waals surface area contributed by atoms with Crippen molar-refractivity contribution in [2.24, 2.45) is 10.7 Å². The smallest absolute Gasteiger partial charge is 0.188 e. The van der Waals surface area contributed by atoms with Crippen LogP contribution >= 0.6 is 35.6 Å². The van der Waals surface area contributed by atoms with Crippen LogP contribution < -0.4 is 20.5 Å². The van der Waals surface area contributed by atoms with Gasteiger partial charge in [0.05, 0.1) is 5.02 Å². The Bertz CT molecular complexity index is 544. The maximum atomic E-state index is 6.20. The Balaban J connectivity index is 0.00000242. The lowest BCUT2D eigenvalue weighted by molar-refractivity contribution is 0.171. The average molecular weight is 440 g/mol. The fourth-order valence-corrected chi connectivity index (χ4v) is 2.33. The molecule has 0 radical (unpaired) electrons. The van der Waals surface area contributed by atoms with Gasteiger partial charge in [0.25, 0.3) is 0 Å². The molecule has 1 aromatic carbocycles. The molecule has 0 saturated carbocycles. The summed E-state index contributed by atoms with van der Waals surface area (Å²) in [6.45, 7) is 7.78. The molecule has 2 rings (SSSR count). The van der Waals surface area contributed by atoms with Crippen molar-refractivity contribution in [1.29, 1.82) is 0 Å². The van der Waals surface area contributed by atoms with Crippen LogP contribution in [0.25, 0.3) is 0 Å². The van der Waals surface area contributed by atoms with E-state index in [0.29, 0.717) is 42.2 Å². The van der Waals surface area contributed by atoms with Crippen molar-refractivity contribution in [3.8, 4) is 11.5 Å². The van der Waals surface area contributed by atoms with Gasteiger partial charge in [-0.15, -0.1) is 24.0 Å². The maximum Gasteiger partial charge on any atom is 0.188 e. The standard InChI is InChI=1S/C15H22ClN3O2.HI/c1-15(2,3)19-14(17)18-5-4-10-8-11(16)13-12(9-10)20-6-7-21-13;/h8-9H,4-7H2,1-3H3,(H3,17,18,19);1H. The Morgan fingerprint density at radius 3 is 2.68 bits per heavy atom. The Morgan fingerprint density at radius 1 is 1.32 bits per heavy atom. The van der Waals surface area contributed by atoms with Gasteiger partial charge in [-0.3, -0.25) is 4.99 Å². The molecule has 1 heterocycles. The summed E-state index contributed by atoms with van der Waals surface area (Å²) >= 11 is 6.20. The molecule has 0 spiro atoms. The number of fused-ring (bicyclic) bond motifs is 1. The minimum Gasteiger partial charge on any atom is -0.486 e. The molecule has 1 aliphatic rings. The second-order valence-electron chi connectivity index (χ2n) is 5.99. The molecule has 124 valence electrons. The number of halogens is 2. The molecule has 0 unspecified atom stereocenters. The SMILES string of the molecule is CC(C)(C)NC(N)=NCCc1cc(Cl)c2c(c1)OCCO2.I. The molecule has 0 aromatic heterocycles. The zero-order valence-corrected chi connectivity index (χ0v) is 16.2. The number of nitrogens with two attached hydrogens (primary N) is 1. The number of benzene rings is 1. The van der Waals surface area contributed by atoms with Gasteiger partial charge in [0.15, 0.2) is 17.5 Å². The van der Waals surface area contributed by atoms with Gasteiger partial charge in [0, 0.05) is 12.1 Å². The molecule has 0 bridgehead atoms. The monoisotopic (exact) mass is 439 g/mol. The summed E-state index contributed by atoms with van der Waals surface area (Å²) < 4.78 is 11.0. The van der Waals surface area contributed by atoms with Crippen molar-refractivity contribution in [2.75, 3.05) is 19.8 Å². The third kappa shape index (κ3) is 5.72. The largest absolute Gasteiger partial charge is 0.486 e. The van der Waals surface area contributed by atoms with Gasteiger partial charge < -0.3 is 20.5 Å². The van der Waals surface area contributed by atoms with E-state index in [0.717, 1.165) is 12.0 Å². The molecular formula is C15H23ClIN3O2. The number of hydrogen-bond acceptors (Lipinski definition) is 3. The number of guanidine groups is 1. The van der Waals surface area contributed by atoms with Crippen LogP contribution in [0.2, 0.25) is 5.02 Å². The average Bonchev–Trinajstić information content (AvgIpc) is 2.36. The molecule has 1 aliphatic heterocycles. The van der Waals surface area contributed by atoms with Gasteiger partial charge in [-0.05, 0) is 44.9 Å². The summed E-state index contributed by atoms with van der Waals surface area (Å²) in [5.41, 5.74) is 6.80. The van der Waals surface area contributed by atoms with Crippen molar-refractivity contribution in [3.05, 3.63) is 22.7 Å². The van der Waals surface area contributed by atoms with E-state index in [1.54, 1.807) is 0 Å². The summed E-state index contributed by atoms with van der Waals surface area (Å²) in [7, 11) is 0. The predicted molar refractivity (Wildman–Crippen MR) is 101 cm³/mol. The second-order valence-corrected chi connectivity index (χ2v) is 6.40. The van der Waals surface area contributed by atoms with Gasteiger partial charge in [-0.2, -0.15) is 0 Å². The van der Waals surface area contributed by atoms with Crippen LogP contribution in [-0.4, -0.2) is 31.3 Å². The first-order valence-electron chi connectivity index (χ1n) is 7.01. The van der Waals surface area contributed by atoms with E-state index >= 15 is 0 Å². The van der Waals surface area contributed by atoms with Crippen molar-refractivity contribution in [2.45, 2.75) is 32.7 Å². The van der Waals surface area contributed by atoms with Crippen LogP contribution in [-0.2, 0) is 6.42 Å². The molecule has 5 nitrogen and oxygen atoms in total. The minimum atomic E-state index is -0.0894. The van der Waals surface area contributed by atoms with Gasteiger partial charge in [0.2, 0.25) is 0 Å². The molecule has 7 heteroatoms. The Hall–Kier alpha value is -0.890. The van der Waals surface area contributed by atoms with Crippen molar-refractivity contribution >= 4 is 41.5 Å². The number of nitrogens with zero attached hydrogens (tertiary/aromatic N) is 1. The number of aliphatic imine (C=N–C) groups is 1. The van der Waals surface area contributed by atoms with Gasteiger partial charge >= 0.3 is 0 Å². The topological polar surface area (TPSA) is 68.9 Å². The predicted octanol–water partition coefficient (Wildman–Crippen LogP) is 2.97. The molecule has 0 atom stereocenters. The van der Waals surface area contributed by atoms with Crippen LogP contribution in [0, 0.1) is 0 Å². The highest BCUT2D eigenvalue weighted by molar-refractivity contribution is 14.0. The van der Waals surface area contributed by atoms with Crippen molar-refractivity contribution in [1.82, 2.24) is 5.32 Å². The summed E-state index contributed by atoms with van der Waals surface area (Å²) in [4.78, 5) is 4.31. The van der Waals surface area contributed by atoms with E-state index in [9.17, 15) is 0 Å². The third-order valence-electron chi connectivity index (χ3n) is 2.84. The lowest BCUT2D eigenvalue weighted by atomic mass is 10.1. The normalized spacial score (nSPS) is 14.3. The summed E-state index contributed by atoms with van der Waals surface area (Å²) in [6, 6.07) is 3.83. The van der Waals surface area contributed by atoms with Crippen molar-refractivity contribution < 1.29 is 9.47 Å². The summed E-state index contributed by atoms with van der Waals surface area (Å²) in [6.07, 6.45) is 0.739. The highest BCUT2D eigenvalue weighted by Gasteiger charge is 2.16. The lowest BCUT2D eigenvalue weighted by Crippen LogP contribution is -2.45. The number of ether oxygens (including phenoxy) is 2. The molecule has 22 heavy (non-hydrogen) atoms. The maximum absolute atomic E-state index is 6.20. The highest BCUT2D eigenvalue weighted by Crippen LogP contribution is 2.38. The first-order valence-corrected chi connectivity index (χ1v) is 7.39. The number of hydrogen-bond donors (Lipinski definition) is 2. The van der Waals surface area contributed by atoms with E-state index in [2.05, 4.69) is 10.3 Å². The van der Waals surface area contributed by atoms with E-state index in [4.69, 9.17) is 26.8 Å². The lowest BCUT2D eigenvalue weighted by Gasteiger charge is -2.21. The van der Waals surface area contributed by atoms with Crippen LogP contribution in [0.4, 0.5) is 0 Å². The Labute approximate surface area is 153 Å². The molecule has 0 amide bonds. The zero-order valence-electron chi connectivity index (χ0n) is 13.1. The van der Waals surface area contributed by atoms with Gasteiger partial charge in [-0.25, -0.2) is 0 Å². The number of rotatable bonds is 3. The van der Waals surface area contributed by atoms with E-state index < -0.39 is 0 Å². The Kier molecular flexibility index (Phi) is 7.05. The van der Waals surface area contributed by atoms with Gasteiger partial charge in [-0.1, -0.05) is 11.6 Å². The summed E-state index contributed by atoms with van der Waals surface area (Å²) in [5, 5.41) is 3.70. The first kappa shape index (κ1) is 19.2. The second kappa shape index (κ2) is 8.10. The fourth-order valence-electron chi connectivity index (χ4n) is 2.04. The molecule has 0 fully saturated rings. The van der Waals surface area contributed by atoms with E-state index in [-0.39, 0.29) is 29.5 Å². The third-order valence-corrected chi connectivity index (χ3v) is 3.12. The van der Waals surface area contributed by atoms with E-state index in [1.165, 1.54) is 0 Å². The first-order chi connectivity index (χ1) is 9.85. The quantitative estimate of drug-likeness (QED) is 0.432. The molecule has 0 aliphatic carbocycles. The zero-order chi connectivity index (χ0) is 15.5. The van der Waals surface area contributed by atoms with Gasteiger partial charge in [0.1, 0.15) is 13.2 Å². The van der Waals surface area contributed by atoms with E-state index in [1.807, 2.05) is 32.9 Å². The number of nitrogens with one attached hydrogen (secondary N) is 1. The molecule has 3 N–H and O–H groups in total. The highest BCUT2D eigenvalue weighted by atomic mass is 127. The molecule has 1 aromatic rings. The summed E-state index contributed by atoms with van der Waals surface area (Å²) in [5.74, 6) is 1.78. The minimum absolute atomic E-state index is 0. The molecular weight excluding hydrogens is 417 g/mol. The van der Waals surface area contributed by atoms with Crippen LogP contribution in [0.3, 0.4) is 0 Å². The van der Waals surface area contributed by atoms with Crippen LogP contribution in [0.1, 0.15) is 26.3 Å². The van der Waals surface area contributed by atoms with Crippen LogP contribution in [0.15, 0.2) is 17.1 Å². The Morgan fingerprint density at radius 2 is 2.00 bits per heavy atom.